The zero-order valence-corrected chi connectivity index (χ0v) is 18.5. The topological polar surface area (TPSA) is 66.9 Å². The zero-order chi connectivity index (χ0) is 20.6. The molecule has 0 spiro atoms. The lowest BCUT2D eigenvalue weighted by molar-refractivity contribution is -0.140. The molecule has 2 heterocycles. The van der Waals surface area contributed by atoms with E-state index in [1.807, 2.05) is 39.5 Å². The van der Waals surface area contributed by atoms with Gasteiger partial charge in [-0.15, -0.1) is 0 Å². The lowest BCUT2D eigenvalue weighted by Crippen LogP contribution is -2.49. The summed E-state index contributed by atoms with van der Waals surface area (Å²) in [5.41, 5.74) is 4.84. The van der Waals surface area contributed by atoms with Gasteiger partial charge in [-0.2, -0.15) is 4.31 Å². The fourth-order valence-corrected chi connectivity index (χ4v) is 6.47. The van der Waals surface area contributed by atoms with E-state index in [9.17, 15) is 13.2 Å². The molecule has 0 aliphatic carbocycles. The van der Waals surface area contributed by atoms with Crippen LogP contribution in [0.1, 0.15) is 40.7 Å². The van der Waals surface area contributed by atoms with Gasteiger partial charge in [-0.3, -0.25) is 4.79 Å². The summed E-state index contributed by atoms with van der Waals surface area (Å²) in [6, 6.07) is 0. The van der Waals surface area contributed by atoms with Crippen LogP contribution in [0.15, 0.2) is 4.90 Å². The minimum Gasteiger partial charge on any atom is -0.378 e. The number of ether oxygens (including phenoxy) is 1. The number of nitrogens with zero attached hydrogens (tertiary/aromatic N) is 2. The first-order valence-electron chi connectivity index (χ1n) is 10.1. The summed E-state index contributed by atoms with van der Waals surface area (Å²) in [7, 11) is -3.64. The van der Waals surface area contributed by atoms with Crippen molar-refractivity contribution in [1.82, 2.24) is 9.21 Å². The van der Waals surface area contributed by atoms with Gasteiger partial charge in [0.1, 0.15) is 0 Å². The molecule has 1 aromatic carbocycles. The summed E-state index contributed by atoms with van der Waals surface area (Å²) in [6.07, 6.45) is 1.45. The third-order valence-electron chi connectivity index (χ3n) is 6.59. The molecule has 0 radical (unpaired) electrons. The molecule has 0 bridgehead atoms. The average Bonchev–Trinajstić information content (AvgIpc) is 2.71. The molecule has 0 saturated carbocycles. The molecule has 1 aromatic rings. The first kappa shape index (κ1) is 21.3. The van der Waals surface area contributed by atoms with Crippen LogP contribution >= 0.6 is 0 Å². The molecular formula is C21H32N2O4S. The Hall–Kier alpha value is -1.44. The van der Waals surface area contributed by atoms with E-state index in [-0.39, 0.29) is 18.4 Å². The predicted octanol–water partition coefficient (Wildman–Crippen LogP) is 2.49. The lowest BCUT2D eigenvalue weighted by Gasteiger charge is -2.36. The van der Waals surface area contributed by atoms with Crippen LogP contribution in [0, 0.1) is 40.5 Å². The van der Waals surface area contributed by atoms with Gasteiger partial charge in [0.25, 0.3) is 0 Å². The molecule has 0 aromatic heterocycles. The Morgan fingerprint density at radius 2 is 1.43 bits per heavy atom. The maximum Gasteiger partial charge on any atom is 0.243 e. The summed E-state index contributed by atoms with van der Waals surface area (Å²) in [4.78, 5) is 15.1. The van der Waals surface area contributed by atoms with Crippen LogP contribution in [0.2, 0.25) is 0 Å². The van der Waals surface area contributed by atoms with Gasteiger partial charge in [0.15, 0.2) is 0 Å². The molecule has 1 amide bonds. The number of amides is 1. The molecular weight excluding hydrogens is 376 g/mol. The highest BCUT2D eigenvalue weighted by Gasteiger charge is 2.37. The average molecular weight is 409 g/mol. The minimum atomic E-state index is -3.64. The Morgan fingerprint density at radius 3 is 2.00 bits per heavy atom. The maximum absolute atomic E-state index is 13.6. The molecule has 1 atom stereocenters. The number of rotatable bonds is 3. The highest BCUT2D eigenvalue weighted by molar-refractivity contribution is 7.89. The van der Waals surface area contributed by atoms with Gasteiger partial charge >= 0.3 is 0 Å². The standard InChI is InChI=1S/C21H32N2O4S/c1-14-15(2)17(4)20(18(5)16(14)3)28(25,26)23-8-6-7-19(13-23)21(24)22-9-11-27-12-10-22/h19H,6-13H2,1-5H3. The third-order valence-corrected chi connectivity index (χ3v) is 8.72. The summed E-state index contributed by atoms with van der Waals surface area (Å²) in [6.45, 7) is 12.8. The number of morpholine rings is 1. The van der Waals surface area contributed by atoms with Crippen molar-refractivity contribution in [1.29, 1.82) is 0 Å². The van der Waals surface area contributed by atoms with E-state index >= 15 is 0 Å². The molecule has 28 heavy (non-hydrogen) atoms. The van der Waals surface area contributed by atoms with E-state index in [1.54, 1.807) is 0 Å². The predicted molar refractivity (Wildman–Crippen MR) is 109 cm³/mol. The summed E-state index contributed by atoms with van der Waals surface area (Å²) in [5.74, 6) is -0.206. The molecule has 2 saturated heterocycles. The summed E-state index contributed by atoms with van der Waals surface area (Å²) in [5, 5.41) is 0. The van der Waals surface area contributed by atoms with Crippen LogP contribution in [0.5, 0.6) is 0 Å². The molecule has 7 heteroatoms. The molecule has 1 unspecified atom stereocenters. The Labute approximate surface area is 168 Å². The van der Waals surface area contributed by atoms with Gasteiger partial charge in [-0.1, -0.05) is 0 Å². The highest BCUT2D eigenvalue weighted by atomic mass is 32.2. The largest absolute Gasteiger partial charge is 0.378 e. The Kier molecular flexibility index (Phi) is 6.17. The van der Waals surface area contributed by atoms with E-state index in [0.717, 1.165) is 34.2 Å². The number of carbonyl (C=O) groups is 1. The van der Waals surface area contributed by atoms with Crippen LogP contribution < -0.4 is 0 Å². The molecule has 0 N–H and O–H groups in total. The summed E-state index contributed by atoms with van der Waals surface area (Å²) < 4.78 is 34.0. The smallest absolute Gasteiger partial charge is 0.243 e. The monoisotopic (exact) mass is 408 g/mol. The number of benzene rings is 1. The van der Waals surface area contributed by atoms with E-state index in [1.165, 1.54) is 4.31 Å². The second kappa shape index (κ2) is 8.13. The van der Waals surface area contributed by atoms with Crippen LogP contribution in [-0.4, -0.2) is 62.9 Å². The van der Waals surface area contributed by atoms with Crippen molar-refractivity contribution in [3.05, 3.63) is 27.8 Å². The van der Waals surface area contributed by atoms with Gasteiger partial charge in [-0.25, -0.2) is 8.42 Å². The number of piperidine rings is 1. The normalized spacial score (nSPS) is 21.8. The van der Waals surface area contributed by atoms with Crippen molar-refractivity contribution in [2.75, 3.05) is 39.4 Å². The van der Waals surface area contributed by atoms with Crippen molar-refractivity contribution in [3.63, 3.8) is 0 Å². The van der Waals surface area contributed by atoms with Gasteiger partial charge in [-0.05, 0) is 75.3 Å². The Bertz CT molecular complexity index is 844. The second-order valence-corrected chi connectivity index (χ2v) is 9.97. The van der Waals surface area contributed by atoms with Crippen LogP contribution in [0.25, 0.3) is 0 Å². The van der Waals surface area contributed by atoms with Gasteiger partial charge in [0.2, 0.25) is 15.9 Å². The number of hydrogen-bond donors (Lipinski definition) is 0. The number of hydrogen-bond acceptors (Lipinski definition) is 4. The molecule has 156 valence electrons. The Morgan fingerprint density at radius 1 is 0.893 bits per heavy atom. The van der Waals surface area contributed by atoms with Crippen LogP contribution in [-0.2, 0) is 19.6 Å². The zero-order valence-electron chi connectivity index (χ0n) is 17.7. The number of carbonyl (C=O) groups excluding carboxylic acids is 1. The fourth-order valence-electron chi connectivity index (χ4n) is 4.39. The van der Waals surface area contributed by atoms with E-state index in [0.29, 0.717) is 44.2 Å². The van der Waals surface area contributed by atoms with Crippen LogP contribution in [0.4, 0.5) is 0 Å². The molecule has 2 fully saturated rings. The fraction of sp³-hybridized carbons (Fsp3) is 0.667. The van der Waals surface area contributed by atoms with E-state index in [2.05, 4.69) is 0 Å². The third kappa shape index (κ3) is 3.72. The van der Waals surface area contributed by atoms with Gasteiger partial charge < -0.3 is 9.64 Å². The first-order valence-corrected chi connectivity index (χ1v) is 11.5. The van der Waals surface area contributed by atoms with Gasteiger partial charge in [0.05, 0.1) is 24.0 Å². The van der Waals surface area contributed by atoms with Crippen molar-refractivity contribution in [3.8, 4) is 0 Å². The van der Waals surface area contributed by atoms with Crippen molar-refractivity contribution in [2.45, 2.75) is 52.4 Å². The molecule has 2 aliphatic heterocycles. The van der Waals surface area contributed by atoms with Crippen molar-refractivity contribution >= 4 is 15.9 Å². The number of sulfonamides is 1. The molecule has 2 aliphatic rings. The molecule has 6 nitrogen and oxygen atoms in total. The van der Waals surface area contributed by atoms with E-state index < -0.39 is 10.0 Å². The van der Waals surface area contributed by atoms with E-state index in [4.69, 9.17) is 4.74 Å². The molecule has 3 rings (SSSR count). The van der Waals surface area contributed by atoms with Crippen molar-refractivity contribution in [2.24, 2.45) is 5.92 Å². The summed E-state index contributed by atoms with van der Waals surface area (Å²) >= 11 is 0. The Balaban J connectivity index is 1.89. The first-order chi connectivity index (χ1) is 13.2. The minimum absolute atomic E-state index is 0.0629. The van der Waals surface area contributed by atoms with Crippen LogP contribution in [0.3, 0.4) is 0 Å². The highest BCUT2D eigenvalue weighted by Crippen LogP contribution is 2.33. The SMILES string of the molecule is Cc1c(C)c(C)c(S(=O)(=O)N2CCCC(C(=O)N3CCOCC3)C2)c(C)c1C. The maximum atomic E-state index is 13.6. The van der Waals surface area contributed by atoms with Crippen molar-refractivity contribution < 1.29 is 17.9 Å². The van der Waals surface area contributed by atoms with Gasteiger partial charge in [0, 0.05) is 26.2 Å². The quantitative estimate of drug-likeness (QED) is 0.771. The lowest BCUT2D eigenvalue weighted by atomic mass is 9.95. The second-order valence-electron chi connectivity index (χ2n) is 8.09.